The molecule has 0 spiro atoms. The van der Waals surface area contributed by atoms with Crippen molar-refractivity contribution in [3.05, 3.63) is 81.8 Å². The summed E-state index contributed by atoms with van der Waals surface area (Å²) in [6.07, 6.45) is 1.78. The van der Waals surface area contributed by atoms with Gasteiger partial charge in [0.05, 0.1) is 16.9 Å². The molecule has 1 fully saturated rings. The van der Waals surface area contributed by atoms with Gasteiger partial charge in [-0.15, -0.1) is 0 Å². The molecular formula is C29H31Cl2F3N4O4. The molecule has 226 valence electrons. The van der Waals surface area contributed by atoms with Crippen molar-refractivity contribution < 1.29 is 33.0 Å². The average Bonchev–Trinajstić information content (AvgIpc) is 2.95. The van der Waals surface area contributed by atoms with Crippen LogP contribution in [0, 0.1) is 5.92 Å². The van der Waals surface area contributed by atoms with E-state index < -0.39 is 17.8 Å². The van der Waals surface area contributed by atoms with E-state index >= 15 is 0 Å². The number of hydrogen-bond donors (Lipinski definition) is 6. The van der Waals surface area contributed by atoms with Gasteiger partial charge < -0.3 is 31.5 Å². The van der Waals surface area contributed by atoms with E-state index in [1.807, 2.05) is 0 Å². The number of aromatic hydroxyl groups is 2. The molecule has 0 unspecified atom stereocenters. The van der Waals surface area contributed by atoms with Crippen LogP contribution in [0.4, 0.5) is 34.1 Å². The molecule has 1 aliphatic rings. The molecule has 42 heavy (non-hydrogen) atoms. The highest BCUT2D eigenvalue weighted by molar-refractivity contribution is 6.31. The molecule has 3 aromatic carbocycles. The highest BCUT2D eigenvalue weighted by atomic mass is 35.5. The Morgan fingerprint density at radius 3 is 1.76 bits per heavy atom. The molecular weight excluding hydrogens is 596 g/mol. The van der Waals surface area contributed by atoms with Crippen molar-refractivity contribution in [1.29, 1.82) is 0 Å². The minimum absolute atomic E-state index is 0.0113. The van der Waals surface area contributed by atoms with E-state index in [-0.39, 0.29) is 29.8 Å². The molecule has 0 heterocycles. The Kier molecular flexibility index (Phi) is 12.0. The molecule has 1 saturated carbocycles. The summed E-state index contributed by atoms with van der Waals surface area (Å²) >= 11 is 11.6. The van der Waals surface area contributed by atoms with Crippen molar-refractivity contribution in [2.45, 2.75) is 44.8 Å². The molecule has 4 rings (SSSR count). The van der Waals surface area contributed by atoms with E-state index in [2.05, 4.69) is 21.3 Å². The molecule has 4 amide bonds. The third-order valence-electron chi connectivity index (χ3n) is 6.42. The number of halogens is 5. The van der Waals surface area contributed by atoms with Gasteiger partial charge in [-0.05, 0) is 72.9 Å². The van der Waals surface area contributed by atoms with Crippen LogP contribution in [0.2, 0.25) is 10.0 Å². The topological polar surface area (TPSA) is 123 Å². The number of urea groups is 2. The van der Waals surface area contributed by atoms with E-state index in [4.69, 9.17) is 23.2 Å². The average molecular weight is 627 g/mol. The van der Waals surface area contributed by atoms with Gasteiger partial charge >= 0.3 is 18.2 Å². The Morgan fingerprint density at radius 1 is 0.762 bits per heavy atom. The zero-order valence-electron chi connectivity index (χ0n) is 22.4. The van der Waals surface area contributed by atoms with Crippen molar-refractivity contribution in [2.24, 2.45) is 5.92 Å². The van der Waals surface area contributed by atoms with E-state index in [1.165, 1.54) is 74.6 Å². The van der Waals surface area contributed by atoms with Gasteiger partial charge in [-0.3, -0.25) is 0 Å². The largest absolute Gasteiger partial charge is 0.506 e. The molecule has 0 radical (unpaired) electrons. The minimum atomic E-state index is -4.40. The molecule has 0 bridgehead atoms. The zero-order chi connectivity index (χ0) is 30.7. The zero-order valence-corrected chi connectivity index (χ0v) is 23.9. The Hall–Kier alpha value is -3.83. The number of anilines is 2. The molecule has 3 aromatic rings. The third-order valence-corrected chi connectivity index (χ3v) is 6.89. The summed E-state index contributed by atoms with van der Waals surface area (Å²) in [5, 5.41) is 30.3. The van der Waals surface area contributed by atoms with Crippen LogP contribution in [0.1, 0.15) is 43.2 Å². The molecule has 0 saturated heterocycles. The normalized spacial score (nSPS) is 13.4. The lowest BCUT2D eigenvalue weighted by atomic mass is 9.89. The summed E-state index contributed by atoms with van der Waals surface area (Å²) in [6, 6.07) is 12.2. The summed E-state index contributed by atoms with van der Waals surface area (Å²) in [4.78, 5) is 23.5. The van der Waals surface area contributed by atoms with Crippen molar-refractivity contribution in [3.8, 4) is 11.5 Å². The fourth-order valence-corrected chi connectivity index (χ4v) is 4.52. The number of alkyl halides is 3. The van der Waals surface area contributed by atoms with Crippen LogP contribution in [0.3, 0.4) is 0 Å². The van der Waals surface area contributed by atoms with Gasteiger partial charge in [-0.25, -0.2) is 9.59 Å². The Balaban J connectivity index is 0.000000235. The Bertz CT molecular complexity index is 1350. The van der Waals surface area contributed by atoms with Crippen LogP contribution < -0.4 is 21.3 Å². The highest BCUT2D eigenvalue weighted by Gasteiger charge is 2.29. The number of carbonyl (C=O) groups is 2. The van der Waals surface area contributed by atoms with E-state index in [0.29, 0.717) is 33.8 Å². The second-order valence-corrected chi connectivity index (χ2v) is 10.5. The molecule has 6 N–H and O–H groups in total. The lowest BCUT2D eigenvalue weighted by Gasteiger charge is -2.21. The van der Waals surface area contributed by atoms with Crippen LogP contribution in [-0.2, 0) is 12.7 Å². The fraction of sp³-hybridized carbons (Fsp3) is 0.310. The van der Waals surface area contributed by atoms with Crippen LogP contribution in [0.15, 0.2) is 60.7 Å². The van der Waals surface area contributed by atoms with Crippen LogP contribution >= 0.6 is 23.2 Å². The van der Waals surface area contributed by atoms with Gasteiger partial charge in [0.25, 0.3) is 0 Å². The van der Waals surface area contributed by atoms with E-state index in [0.717, 1.165) is 12.1 Å². The number of benzene rings is 3. The first-order valence-corrected chi connectivity index (χ1v) is 13.9. The van der Waals surface area contributed by atoms with Gasteiger partial charge in [0.2, 0.25) is 0 Å². The number of amides is 4. The van der Waals surface area contributed by atoms with Gasteiger partial charge in [0.1, 0.15) is 11.5 Å². The Morgan fingerprint density at radius 2 is 1.26 bits per heavy atom. The van der Waals surface area contributed by atoms with E-state index in [9.17, 15) is 33.0 Å². The maximum Gasteiger partial charge on any atom is 0.416 e. The molecule has 1 aliphatic carbocycles. The number of nitrogens with one attached hydrogen (secondary N) is 4. The minimum Gasteiger partial charge on any atom is -0.506 e. The number of phenols is 2. The highest BCUT2D eigenvalue weighted by Crippen LogP contribution is 2.30. The number of carbonyl (C=O) groups excluding carboxylic acids is 2. The second-order valence-electron chi connectivity index (χ2n) is 9.66. The van der Waals surface area contributed by atoms with Crippen molar-refractivity contribution in [1.82, 2.24) is 10.6 Å². The molecule has 8 nitrogen and oxygen atoms in total. The number of hydrogen-bond acceptors (Lipinski definition) is 4. The number of rotatable bonds is 6. The Labute approximate surface area is 251 Å². The molecule has 0 aromatic heterocycles. The predicted molar refractivity (Wildman–Crippen MR) is 157 cm³/mol. The summed E-state index contributed by atoms with van der Waals surface area (Å²) in [5.74, 6) is 0.434. The first-order valence-electron chi connectivity index (χ1n) is 13.1. The van der Waals surface area contributed by atoms with Crippen molar-refractivity contribution in [2.75, 3.05) is 17.2 Å². The maximum absolute atomic E-state index is 12.4. The monoisotopic (exact) mass is 626 g/mol. The van der Waals surface area contributed by atoms with Crippen LogP contribution in [0.5, 0.6) is 11.5 Å². The molecule has 13 heteroatoms. The first-order chi connectivity index (χ1) is 19.9. The standard InChI is InChI=1S/C15H12ClF3N2O2.C14H19ClN2O2/c16-11-5-6-13(22)12(7-11)21-14(23)20-8-9-1-3-10(4-2-9)15(17,18)19;15-11-6-7-13(18)12(8-11)17-14(19)16-9-10-4-2-1-3-5-10/h1-7,22H,8H2,(H2,20,21,23);6-8,10,18H,1-5,9H2,(H2,16,17,19). The van der Waals surface area contributed by atoms with Gasteiger partial charge in [-0.2, -0.15) is 13.2 Å². The molecule has 0 atom stereocenters. The summed E-state index contributed by atoms with van der Waals surface area (Å²) in [6.45, 7) is 0.721. The SMILES string of the molecule is O=C(NCC1CCCCC1)Nc1cc(Cl)ccc1O.O=C(NCc1ccc(C(F)(F)F)cc1)Nc1cc(Cl)ccc1O. The smallest absolute Gasteiger partial charge is 0.416 e. The predicted octanol–water partition coefficient (Wildman–Crippen LogP) is 8.13. The lowest BCUT2D eigenvalue weighted by molar-refractivity contribution is -0.137. The summed E-state index contributed by atoms with van der Waals surface area (Å²) in [5.41, 5.74) is 0.203. The molecule has 0 aliphatic heterocycles. The van der Waals surface area contributed by atoms with Gasteiger partial charge in [0.15, 0.2) is 0 Å². The van der Waals surface area contributed by atoms with Gasteiger partial charge in [0, 0.05) is 23.1 Å². The quantitative estimate of drug-likeness (QED) is 0.155. The van der Waals surface area contributed by atoms with Gasteiger partial charge in [-0.1, -0.05) is 54.6 Å². The van der Waals surface area contributed by atoms with E-state index in [1.54, 1.807) is 6.07 Å². The third kappa shape index (κ3) is 10.9. The lowest BCUT2D eigenvalue weighted by Crippen LogP contribution is -2.33. The van der Waals surface area contributed by atoms with Crippen molar-refractivity contribution >= 4 is 46.6 Å². The summed E-state index contributed by atoms with van der Waals surface area (Å²) < 4.78 is 37.3. The number of phenolic OH excluding ortho intramolecular Hbond substituents is 2. The first kappa shape index (κ1) is 32.7. The van der Waals surface area contributed by atoms with Crippen molar-refractivity contribution in [3.63, 3.8) is 0 Å². The van der Waals surface area contributed by atoms with Crippen LogP contribution in [-0.4, -0.2) is 28.8 Å². The van der Waals surface area contributed by atoms with Crippen LogP contribution in [0.25, 0.3) is 0 Å². The fourth-order valence-electron chi connectivity index (χ4n) is 4.17. The summed E-state index contributed by atoms with van der Waals surface area (Å²) in [7, 11) is 0. The maximum atomic E-state index is 12.4. The second kappa shape index (κ2) is 15.4.